The molecular weight excluding hydrogens is 593 g/mol. The summed E-state index contributed by atoms with van der Waals surface area (Å²) in [4.78, 5) is 0. The molecule has 1 aliphatic carbocycles. The van der Waals surface area contributed by atoms with Gasteiger partial charge in [0.1, 0.15) is 0 Å². The summed E-state index contributed by atoms with van der Waals surface area (Å²) in [6, 6.07) is 0. The number of unbranched alkanes of at least 4 members (excludes halogenated alkanes) is 6. The third-order valence-electron chi connectivity index (χ3n) is 9.07. The molecule has 0 radical (unpaired) electrons. The molecule has 0 aromatic heterocycles. The maximum atomic E-state index is 3.03. The summed E-state index contributed by atoms with van der Waals surface area (Å²) in [5.74, 6) is 0. The number of hydrogen-bond acceptors (Lipinski definition) is 0. The van der Waals surface area contributed by atoms with Gasteiger partial charge in [0.2, 0.25) is 0 Å². The van der Waals surface area contributed by atoms with E-state index in [1.54, 1.807) is 78.0 Å². The van der Waals surface area contributed by atoms with Crippen molar-refractivity contribution in [2.24, 2.45) is 0 Å². The Labute approximate surface area is 225 Å². The Hall–Kier alpha value is 2.19. The molecule has 1 aliphatic rings. The zero-order valence-electron chi connectivity index (χ0n) is 23.9. The van der Waals surface area contributed by atoms with E-state index in [0.717, 1.165) is 3.93 Å². The van der Waals surface area contributed by atoms with Crippen molar-refractivity contribution in [2.45, 2.75) is 166 Å². The van der Waals surface area contributed by atoms with E-state index in [4.69, 9.17) is 0 Å². The number of hydrogen-bond donors (Lipinski definition) is 0. The van der Waals surface area contributed by atoms with Crippen molar-refractivity contribution in [2.75, 3.05) is 0 Å². The van der Waals surface area contributed by atoms with E-state index in [0.29, 0.717) is 0 Å². The van der Waals surface area contributed by atoms with Gasteiger partial charge in [-0.2, -0.15) is 0 Å². The fourth-order valence-corrected chi connectivity index (χ4v) is 45.9. The normalized spacial score (nSPS) is 19.3. The Balaban J connectivity index is 0.00000961. The van der Waals surface area contributed by atoms with Crippen molar-refractivity contribution in [1.82, 2.24) is 0 Å². The predicted molar refractivity (Wildman–Crippen MR) is 151 cm³/mol. The molecule has 0 amide bonds. The van der Waals surface area contributed by atoms with Crippen LogP contribution in [0.15, 0.2) is 0 Å². The Morgan fingerprint density at radius 3 is 1.16 bits per heavy atom. The van der Waals surface area contributed by atoms with E-state index in [1.165, 1.54) is 42.5 Å². The van der Waals surface area contributed by atoms with Crippen molar-refractivity contribution in [3.63, 3.8) is 0 Å². The second-order valence-corrected chi connectivity index (χ2v) is 39.9. The molecule has 32 heavy (non-hydrogen) atoms. The van der Waals surface area contributed by atoms with Crippen LogP contribution in [-0.4, -0.2) is 36.8 Å². The van der Waals surface area contributed by atoms with Crippen molar-refractivity contribution in [3.05, 3.63) is 6.42 Å². The van der Waals surface area contributed by atoms with E-state index in [9.17, 15) is 0 Å². The van der Waals surface area contributed by atoms with E-state index in [1.807, 2.05) is 0 Å². The number of rotatable bonds is 20. The Kier molecular flexibility index (Phi) is 21.7. The fourth-order valence-electron chi connectivity index (χ4n) is 6.92. The molecule has 2 unspecified atom stereocenters. The van der Waals surface area contributed by atoms with Crippen LogP contribution in [0.4, 0.5) is 0 Å². The first-order chi connectivity index (χ1) is 15.1. The maximum absolute atomic E-state index is 3.03. The smallest absolute Gasteiger partial charge is 1.00 e. The van der Waals surface area contributed by atoms with Crippen molar-refractivity contribution < 1.29 is 18.9 Å². The van der Waals surface area contributed by atoms with Gasteiger partial charge in [-0.05, 0) is 0 Å². The van der Waals surface area contributed by atoms with Crippen molar-refractivity contribution >= 4 is 36.8 Å². The first-order valence-electron chi connectivity index (χ1n) is 14.9. The molecule has 1 saturated carbocycles. The fraction of sp³-hybridized carbons (Fsp3) is 0.966. The molecule has 2 atom stereocenters. The largest absolute Gasteiger partial charge is 1.00 e. The summed E-state index contributed by atoms with van der Waals surface area (Å²) in [6.45, 7) is 14.7. The van der Waals surface area contributed by atoms with Crippen LogP contribution in [0.1, 0.15) is 131 Å². The summed E-state index contributed by atoms with van der Waals surface area (Å²) < 4.78 is 12.8. The maximum Gasteiger partial charge on any atom is 1.00 e. The van der Waals surface area contributed by atoms with Crippen molar-refractivity contribution in [3.8, 4) is 0 Å². The first-order valence-corrected chi connectivity index (χ1v) is 30.3. The molecule has 0 nitrogen and oxygen atoms in total. The second-order valence-electron chi connectivity index (χ2n) is 11.4. The Morgan fingerprint density at radius 1 is 0.531 bits per heavy atom. The molecule has 0 heterocycles. The van der Waals surface area contributed by atoms with Crippen molar-refractivity contribution in [1.29, 1.82) is 0 Å². The summed E-state index contributed by atoms with van der Waals surface area (Å²) in [5, 5.41) is 0. The van der Waals surface area contributed by atoms with Crippen LogP contribution in [0.25, 0.3) is 0 Å². The van der Waals surface area contributed by atoms with Gasteiger partial charge in [0.25, 0.3) is 0 Å². The quantitative estimate of drug-likeness (QED) is 0.0914. The predicted octanol–water partition coefficient (Wildman–Crippen LogP) is 8.43. The summed E-state index contributed by atoms with van der Waals surface area (Å²) in [5.41, 5.74) is 0. The zero-order valence-corrected chi connectivity index (χ0v) is 29.6. The van der Waals surface area contributed by atoms with Gasteiger partial charge in [-0.1, -0.05) is 0 Å². The average Bonchev–Trinajstić information content (AvgIpc) is 3.30. The van der Waals surface area contributed by atoms with Gasteiger partial charge in [-0.15, -0.1) is 0 Å². The molecule has 0 spiro atoms. The van der Waals surface area contributed by atoms with Gasteiger partial charge in [0, 0.05) is 0 Å². The van der Waals surface area contributed by atoms with Gasteiger partial charge in [-0.3, -0.25) is 0 Å². The first kappa shape index (κ1) is 34.2. The van der Waals surface area contributed by atoms with Gasteiger partial charge in [-0.25, -0.2) is 0 Å². The van der Waals surface area contributed by atoms with Gasteiger partial charge in [0.05, 0.1) is 0 Å². The molecule has 186 valence electrons. The Bertz CT molecular complexity index is 344. The molecule has 3 heteroatoms. The van der Waals surface area contributed by atoms with Gasteiger partial charge < -0.3 is 0 Å². The molecule has 0 bridgehead atoms. The standard InChI is InChI=1S/C5H7.6C4H9.Li.2Sn/c1-2-4-5-3-1;6*1-3-4-2;;;/h1-2,5H,3-4H2;6*1,3-4H2,2H3;;;/q-1;;;;;;;+1;;. The van der Waals surface area contributed by atoms with Crippen LogP contribution in [0.2, 0.25) is 34.5 Å². The molecule has 0 saturated heterocycles. The zero-order chi connectivity index (χ0) is 23.0. The third kappa shape index (κ3) is 11.1. The minimum absolute atomic E-state index is 0. The van der Waals surface area contributed by atoms with Crippen LogP contribution < -0.4 is 18.9 Å². The molecule has 0 aliphatic heterocycles. The van der Waals surface area contributed by atoms with E-state index < -0.39 is 36.8 Å². The topological polar surface area (TPSA) is 0 Å². The van der Waals surface area contributed by atoms with Crippen LogP contribution in [0, 0.1) is 6.42 Å². The minimum Gasteiger partial charge on any atom is 1.00 e. The van der Waals surface area contributed by atoms with Gasteiger partial charge in [0.15, 0.2) is 0 Å². The monoisotopic (exact) mass is 656 g/mol. The third-order valence-corrected chi connectivity index (χ3v) is 44.3. The summed E-state index contributed by atoms with van der Waals surface area (Å²) in [6.07, 6.45) is 24.2. The SMILES string of the molecule is CCC[CH2][Sn]([CH2]CCC)([CH2]CCC)[CH]1[CH-]C[CH]([Sn]([CH2]CCC)([CH2]CCC)[CH2]CCC)C1.[Li+]. The van der Waals surface area contributed by atoms with E-state index in [2.05, 4.69) is 48.0 Å². The summed E-state index contributed by atoms with van der Waals surface area (Å²) >= 11 is -4.15. The molecule has 0 N–H and O–H groups in total. The molecule has 1 fully saturated rings. The molecule has 0 aromatic carbocycles. The average molecular weight is 654 g/mol. The molecular formula is C29H61LiSn2. The second kappa shape index (κ2) is 20.3. The summed E-state index contributed by atoms with van der Waals surface area (Å²) in [7, 11) is 0. The van der Waals surface area contributed by atoms with Gasteiger partial charge >= 0.3 is 228 Å². The Morgan fingerprint density at radius 2 is 0.844 bits per heavy atom. The van der Waals surface area contributed by atoms with Crippen LogP contribution in [-0.2, 0) is 0 Å². The molecule has 1 rings (SSSR count). The van der Waals surface area contributed by atoms with E-state index in [-0.39, 0.29) is 18.9 Å². The van der Waals surface area contributed by atoms with Crippen LogP contribution >= 0.6 is 0 Å². The van der Waals surface area contributed by atoms with Crippen LogP contribution in [0.3, 0.4) is 0 Å². The minimum atomic E-state index is -2.09. The van der Waals surface area contributed by atoms with Crippen LogP contribution in [0.5, 0.6) is 0 Å². The van der Waals surface area contributed by atoms with E-state index >= 15 is 0 Å². The molecule has 0 aromatic rings.